The van der Waals surface area contributed by atoms with Gasteiger partial charge in [-0.25, -0.2) is 0 Å². The van der Waals surface area contributed by atoms with Crippen molar-refractivity contribution < 1.29 is 9.94 Å². The SMILES string of the molecule is N/C(=N/O)c1c(Br)cccc1OCc1cccc(Br)c1. The Morgan fingerprint density at radius 1 is 1.20 bits per heavy atom. The maximum absolute atomic E-state index is 8.84. The molecule has 0 bridgehead atoms. The summed E-state index contributed by atoms with van der Waals surface area (Å²) in [6.07, 6.45) is 0. The third kappa shape index (κ3) is 3.52. The van der Waals surface area contributed by atoms with E-state index in [1.807, 2.05) is 30.3 Å². The van der Waals surface area contributed by atoms with Crippen molar-refractivity contribution in [2.75, 3.05) is 0 Å². The molecule has 0 aliphatic heterocycles. The maximum Gasteiger partial charge on any atom is 0.174 e. The van der Waals surface area contributed by atoms with Crippen molar-refractivity contribution in [1.82, 2.24) is 0 Å². The molecule has 2 rings (SSSR count). The van der Waals surface area contributed by atoms with E-state index in [1.165, 1.54) is 0 Å². The second kappa shape index (κ2) is 6.76. The molecule has 2 aromatic rings. The lowest BCUT2D eigenvalue weighted by molar-refractivity contribution is 0.303. The van der Waals surface area contributed by atoms with Crippen LogP contribution >= 0.6 is 31.9 Å². The third-order valence-corrected chi connectivity index (χ3v) is 3.78. The molecule has 104 valence electrons. The molecule has 0 saturated heterocycles. The van der Waals surface area contributed by atoms with Crippen molar-refractivity contribution in [3.8, 4) is 5.75 Å². The van der Waals surface area contributed by atoms with E-state index in [4.69, 9.17) is 15.7 Å². The molecule has 0 saturated carbocycles. The smallest absolute Gasteiger partial charge is 0.174 e. The molecular weight excluding hydrogens is 388 g/mol. The van der Waals surface area contributed by atoms with Crippen LogP contribution in [-0.4, -0.2) is 11.0 Å². The van der Waals surface area contributed by atoms with Crippen LogP contribution in [0.2, 0.25) is 0 Å². The second-order valence-electron chi connectivity index (χ2n) is 4.02. The van der Waals surface area contributed by atoms with Crippen LogP contribution < -0.4 is 10.5 Å². The Hall–Kier alpha value is -1.53. The second-order valence-corrected chi connectivity index (χ2v) is 5.79. The summed E-state index contributed by atoms with van der Waals surface area (Å²) in [4.78, 5) is 0. The molecule has 2 aromatic carbocycles. The van der Waals surface area contributed by atoms with Crippen LogP contribution in [0.5, 0.6) is 5.75 Å². The molecule has 0 unspecified atom stereocenters. The number of amidine groups is 1. The van der Waals surface area contributed by atoms with Crippen molar-refractivity contribution in [3.05, 3.63) is 62.5 Å². The van der Waals surface area contributed by atoms with E-state index in [0.29, 0.717) is 22.4 Å². The maximum atomic E-state index is 8.84. The fourth-order valence-electron chi connectivity index (χ4n) is 1.71. The summed E-state index contributed by atoms with van der Waals surface area (Å²) in [6, 6.07) is 13.2. The minimum absolute atomic E-state index is 0.00159. The van der Waals surface area contributed by atoms with Gasteiger partial charge in [0.05, 0.1) is 5.56 Å². The number of ether oxygens (including phenoxy) is 1. The van der Waals surface area contributed by atoms with Gasteiger partial charge in [-0.1, -0.05) is 39.3 Å². The van der Waals surface area contributed by atoms with Gasteiger partial charge in [0.15, 0.2) is 5.84 Å². The van der Waals surface area contributed by atoms with Gasteiger partial charge in [0.1, 0.15) is 12.4 Å². The molecule has 6 heteroatoms. The van der Waals surface area contributed by atoms with Crippen molar-refractivity contribution >= 4 is 37.7 Å². The molecule has 20 heavy (non-hydrogen) atoms. The number of nitrogens with zero attached hydrogens (tertiary/aromatic N) is 1. The van der Waals surface area contributed by atoms with Gasteiger partial charge in [-0.3, -0.25) is 0 Å². The molecule has 0 amide bonds. The zero-order valence-electron chi connectivity index (χ0n) is 10.4. The predicted molar refractivity (Wildman–Crippen MR) is 85.1 cm³/mol. The molecule has 3 N–H and O–H groups in total. The fraction of sp³-hybridized carbons (Fsp3) is 0.0714. The van der Waals surface area contributed by atoms with Crippen molar-refractivity contribution in [3.63, 3.8) is 0 Å². The average molecular weight is 400 g/mol. The molecule has 0 spiro atoms. The van der Waals surface area contributed by atoms with E-state index in [0.717, 1.165) is 10.0 Å². The highest BCUT2D eigenvalue weighted by Gasteiger charge is 2.12. The molecule has 0 heterocycles. The third-order valence-electron chi connectivity index (χ3n) is 2.62. The molecule has 4 nitrogen and oxygen atoms in total. The van der Waals surface area contributed by atoms with E-state index < -0.39 is 0 Å². The van der Waals surface area contributed by atoms with Crippen LogP contribution in [0.3, 0.4) is 0 Å². The number of halogens is 2. The van der Waals surface area contributed by atoms with E-state index in [-0.39, 0.29) is 5.84 Å². The molecule has 0 aliphatic carbocycles. The minimum atomic E-state index is 0.00159. The Bertz CT molecular complexity index is 645. The predicted octanol–water partition coefficient (Wildman–Crippen LogP) is 3.89. The standard InChI is InChI=1S/C14H12Br2N2O2/c15-10-4-1-3-9(7-10)8-20-12-6-2-5-11(16)13(12)14(17)18-19/h1-7,19H,8H2,(H2,17,18). The number of rotatable bonds is 4. The summed E-state index contributed by atoms with van der Waals surface area (Å²) < 4.78 is 7.46. The lowest BCUT2D eigenvalue weighted by atomic mass is 10.2. The number of benzene rings is 2. The molecule has 0 fully saturated rings. The number of hydrogen-bond donors (Lipinski definition) is 2. The summed E-state index contributed by atoms with van der Waals surface area (Å²) in [5.41, 5.74) is 7.22. The van der Waals surface area contributed by atoms with Gasteiger partial charge in [-0.2, -0.15) is 0 Å². The topological polar surface area (TPSA) is 67.8 Å². The van der Waals surface area contributed by atoms with E-state index >= 15 is 0 Å². The van der Waals surface area contributed by atoms with Crippen LogP contribution in [0.15, 0.2) is 56.6 Å². The van der Waals surface area contributed by atoms with E-state index in [1.54, 1.807) is 12.1 Å². The Labute approximate surface area is 133 Å². The quantitative estimate of drug-likeness (QED) is 0.354. The summed E-state index contributed by atoms with van der Waals surface area (Å²) in [7, 11) is 0. The normalized spacial score (nSPS) is 11.4. The molecule has 0 aromatic heterocycles. The van der Waals surface area contributed by atoms with Gasteiger partial charge in [-0.05, 0) is 45.8 Å². The van der Waals surface area contributed by atoms with E-state index in [9.17, 15) is 0 Å². The van der Waals surface area contributed by atoms with Crippen molar-refractivity contribution in [2.45, 2.75) is 6.61 Å². The largest absolute Gasteiger partial charge is 0.488 e. The first-order valence-electron chi connectivity index (χ1n) is 5.75. The van der Waals surface area contributed by atoms with Gasteiger partial charge in [-0.15, -0.1) is 0 Å². The first-order chi connectivity index (χ1) is 9.61. The van der Waals surface area contributed by atoms with Gasteiger partial charge in [0.25, 0.3) is 0 Å². The van der Waals surface area contributed by atoms with Crippen LogP contribution in [0, 0.1) is 0 Å². The zero-order valence-corrected chi connectivity index (χ0v) is 13.6. The van der Waals surface area contributed by atoms with Gasteiger partial charge in [0, 0.05) is 8.95 Å². The monoisotopic (exact) mass is 398 g/mol. The van der Waals surface area contributed by atoms with Crippen LogP contribution in [0.4, 0.5) is 0 Å². The summed E-state index contributed by atoms with van der Waals surface area (Å²) in [6.45, 7) is 0.390. The Morgan fingerprint density at radius 2 is 1.95 bits per heavy atom. The highest BCUT2D eigenvalue weighted by molar-refractivity contribution is 9.10. The highest BCUT2D eigenvalue weighted by Crippen LogP contribution is 2.27. The van der Waals surface area contributed by atoms with Gasteiger partial charge >= 0.3 is 0 Å². The average Bonchev–Trinajstić information content (AvgIpc) is 2.44. The Balaban J connectivity index is 2.24. The van der Waals surface area contributed by atoms with Crippen molar-refractivity contribution in [1.29, 1.82) is 0 Å². The molecule has 0 atom stereocenters. The lowest BCUT2D eigenvalue weighted by Gasteiger charge is -2.12. The molecule has 0 aliphatic rings. The summed E-state index contributed by atoms with van der Waals surface area (Å²) in [5, 5.41) is 11.9. The molecular formula is C14H12Br2N2O2. The van der Waals surface area contributed by atoms with Gasteiger partial charge < -0.3 is 15.7 Å². The van der Waals surface area contributed by atoms with Gasteiger partial charge in [0.2, 0.25) is 0 Å². The van der Waals surface area contributed by atoms with Crippen LogP contribution in [0.1, 0.15) is 11.1 Å². The number of oxime groups is 1. The Morgan fingerprint density at radius 3 is 2.65 bits per heavy atom. The van der Waals surface area contributed by atoms with Crippen LogP contribution in [0.25, 0.3) is 0 Å². The van der Waals surface area contributed by atoms with Crippen molar-refractivity contribution in [2.24, 2.45) is 10.9 Å². The first-order valence-corrected chi connectivity index (χ1v) is 7.34. The first kappa shape index (κ1) is 14.9. The highest BCUT2D eigenvalue weighted by atomic mass is 79.9. The lowest BCUT2D eigenvalue weighted by Crippen LogP contribution is -2.15. The number of nitrogens with two attached hydrogens (primary N) is 1. The molecule has 0 radical (unpaired) electrons. The number of hydrogen-bond acceptors (Lipinski definition) is 3. The summed E-state index contributed by atoms with van der Waals surface area (Å²) in [5.74, 6) is 0.552. The van der Waals surface area contributed by atoms with E-state index in [2.05, 4.69) is 37.0 Å². The fourth-order valence-corrected chi connectivity index (χ4v) is 2.71. The minimum Gasteiger partial charge on any atom is -0.488 e. The van der Waals surface area contributed by atoms with Crippen LogP contribution in [-0.2, 0) is 6.61 Å². The zero-order chi connectivity index (χ0) is 14.5. The summed E-state index contributed by atoms with van der Waals surface area (Å²) >= 11 is 6.78. The Kier molecular flexibility index (Phi) is 5.03.